The molecule has 1 amide bonds. The monoisotopic (exact) mass is 301 g/mol. The van der Waals surface area contributed by atoms with E-state index < -0.39 is 35.1 Å². The number of carbonyl (C=O) groups excluding carboxylic acids is 2. The van der Waals surface area contributed by atoms with Gasteiger partial charge in [-0.05, 0) is 24.0 Å². The highest BCUT2D eigenvalue weighted by Crippen LogP contribution is 2.29. The van der Waals surface area contributed by atoms with E-state index in [0.29, 0.717) is 0 Å². The summed E-state index contributed by atoms with van der Waals surface area (Å²) in [7, 11) is 0. The van der Waals surface area contributed by atoms with E-state index in [2.05, 4.69) is 4.74 Å². The summed E-state index contributed by atoms with van der Waals surface area (Å²) in [6.45, 7) is 6.71. The minimum absolute atomic E-state index is 0.00811. The van der Waals surface area contributed by atoms with Crippen LogP contribution in [0, 0.1) is 24.0 Å². The maximum absolute atomic E-state index is 13.6. The molecule has 1 aromatic carbocycles. The Kier molecular flexibility index (Phi) is 4.88. The van der Waals surface area contributed by atoms with Crippen LogP contribution in [0.15, 0.2) is 6.07 Å². The van der Waals surface area contributed by atoms with Gasteiger partial charge in [-0.25, -0.2) is 9.18 Å². The number of anilines is 1. The summed E-state index contributed by atoms with van der Waals surface area (Å²) in [6, 6.07) is 0.949. The van der Waals surface area contributed by atoms with Gasteiger partial charge in [0.1, 0.15) is 0 Å². The number of amides is 1. The van der Waals surface area contributed by atoms with Crippen molar-refractivity contribution in [3.05, 3.63) is 23.3 Å². The molecule has 1 rings (SSSR count). The first-order valence-electron chi connectivity index (χ1n) is 6.20. The number of nitrogens with one attached hydrogen (secondary N) is 1. The van der Waals surface area contributed by atoms with Crippen LogP contribution in [0.5, 0.6) is 5.75 Å². The number of esters is 1. The molecular formula is C14H17F2NO4. The first kappa shape index (κ1) is 16.9. The lowest BCUT2D eigenvalue weighted by molar-refractivity contribution is -0.138. The number of halogens is 2. The van der Waals surface area contributed by atoms with Crippen molar-refractivity contribution in [2.24, 2.45) is 5.41 Å². The fourth-order valence-corrected chi connectivity index (χ4v) is 1.59. The number of hydrogen-bond donors (Lipinski definition) is 2. The zero-order chi connectivity index (χ0) is 16.4. The predicted octanol–water partition coefficient (Wildman–Crippen LogP) is 3.49. The minimum Gasteiger partial charge on any atom is -0.505 e. The fourth-order valence-electron chi connectivity index (χ4n) is 1.59. The molecule has 0 bridgehead atoms. The standard InChI is InChI=1S/C14H17F2NO4/c1-7-5-8(18)10(15)11(16)12(7)17-13(20)21-9(19)6-14(2,3)4/h5,18H,6H2,1-4H3,(H,17,20). The van der Waals surface area contributed by atoms with E-state index in [0.717, 1.165) is 6.07 Å². The number of benzene rings is 1. The molecule has 0 aromatic heterocycles. The SMILES string of the molecule is Cc1cc(O)c(F)c(F)c1NC(=O)OC(=O)CC(C)(C)C. The highest BCUT2D eigenvalue weighted by Gasteiger charge is 2.22. The normalized spacial score (nSPS) is 11.1. The molecule has 21 heavy (non-hydrogen) atoms. The van der Waals surface area contributed by atoms with Crippen LogP contribution < -0.4 is 5.32 Å². The number of phenolic OH excluding ortho intramolecular Hbond substituents is 1. The maximum atomic E-state index is 13.6. The van der Waals surface area contributed by atoms with Gasteiger partial charge in [0.2, 0.25) is 5.82 Å². The van der Waals surface area contributed by atoms with Crippen LogP contribution in [0.3, 0.4) is 0 Å². The van der Waals surface area contributed by atoms with Crippen LogP contribution in [-0.4, -0.2) is 17.2 Å². The van der Waals surface area contributed by atoms with E-state index in [1.807, 2.05) is 5.32 Å². The van der Waals surface area contributed by atoms with Gasteiger partial charge >= 0.3 is 12.1 Å². The van der Waals surface area contributed by atoms with Gasteiger partial charge in [0.25, 0.3) is 0 Å². The largest absolute Gasteiger partial charge is 0.505 e. The number of aryl methyl sites for hydroxylation is 1. The maximum Gasteiger partial charge on any atom is 0.419 e. The lowest BCUT2D eigenvalue weighted by atomic mass is 9.93. The molecule has 0 aliphatic heterocycles. The highest BCUT2D eigenvalue weighted by molar-refractivity contribution is 5.93. The third-order valence-electron chi connectivity index (χ3n) is 2.49. The molecule has 7 heteroatoms. The van der Waals surface area contributed by atoms with E-state index in [-0.39, 0.29) is 17.4 Å². The molecule has 0 aliphatic rings. The molecule has 116 valence electrons. The van der Waals surface area contributed by atoms with Gasteiger partial charge in [0.05, 0.1) is 12.1 Å². The van der Waals surface area contributed by atoms with Gasteiger partial charge in [0, 0.05) is 0 Å². The second-order valence-corrected chi connectivity index (χ2v) is 5.84. The van der Waals surface area contributed by atoms with E-state index in [9.17, 15) is 18.4 Å². The summed E-state index contributed by atoms with van der Waals surface area (Å²) in [5.74, 6) is -4.56. The van der Waals surface area contributed by atoms with Crippen molar-refractivity contribution >= 4 is 17.7 Å². The smallest absolute Gasteiger partial charge is 0.419 e. The Bertz CT molecular complexity index is 579. The van der Waals surface area contributed by atoms with Crippen molar-refractivity contribution in [3.8, 4) is 5.75 Å². The van der Waals surface area contributed by atoms with Gasteiger partial charge in [-0.15, -0.1) is 0 Å². The molecule has 2 N–H and O–H groups in total. The van der Waals surface area contributed by atoms with Crippen molar-refractivity contribution in [1.29, 1.82) is 0 Å². The number of hydrogen-bond acceptors (Lipinski definition) is 4. The van der Waals surface area contributed by atoms with E-state index in [1.54, 1.807) is 20.8 Å². The first-order valence-corrected chi connectivity index (χ1v) is 6.20. The van der Waals surface area contributed by atoms with E-state index in [1.165, 1.54) is 6.92 Å². The number of rotatable bonds is 2. The quantitative estimate of drug-likeness (QED) is 0.498. The molecular weight excluding hydrogens is 284 g/mol. The van der Waals surface area contributed by atoms with Crippen LogP contribution in [0.25, 0.3) is 0 Å². The average Bonchev–Trinajstić information content (AvgIpc) is 2.29. The number of carbonyl (C=O) groups is 2. The zero-order valence-corrected chi connectivity index (χ0v) is 12.2. The lowest BCUT2D eigenvalue weighted by Crippen LogP contribution is -2.23. The van der Waals surface area contributed by atoms with Crippen molar-refractivity contribution < 1.29 is 28.2 Å². The Labute approximate surface area is 120 Å². The van der Waals surface area contributed by atoms with Gasteiger partial charge < -0.3 is 9.84 Å². The Balaban J connectivity index is 2.81. The Morgan fingerprint density at radius 3 is 2.38 bits per heavy atom. The van der Waals surface area contributed by atoms with Crippen LogP contribution >= 0.6 is 0 Å². The van der Waals surface area contributed by atoms with Crippen LogP contribution in [0.1, 0.15) is 32.8 Å². The third-order valence-corrected chi connectivity index (χ3v) is 2.49. The summed E-state index contributed by atoms with van der Waals surface area (Å²) in [5, 5.41) is 11.1. The second kappa shape index (κ2) is 6.07. The zero-order valence-electron chi connectivity index (χ0n) is 12.2. The Morgan fingerprint density at radius 1 is 1.29 bits per heavy atom. The second-order valence-electron chi connectivity index (χ2n) is 5.84. The Morgan fingerprint density at radius 2 is 1.86 bits per heavy atom. The molecule has 1 aromatic rings. The molecule has 0 unspecified atom stereocenters. The van der Waals surface area contributed by atoms with Gasteiger partial charge in [0.15, 0.2) is 11.6 Å². The summed E-state index contributed by atoms with van der Waals surface area (Å²) < 4.78 is 31.3. The van der Waals surface area contributed by atoms with Gasteiger partial charge in [-0.2, -0.15) is 4.39 Å². The molecule has 0 saturated heterocycles. The van der Waals surface area contributed by atoms with Crippen molar-refractivity contribution in [2.75, 3.05) is 5.32 Å². The number of ether oxygens (including phenoxy) is 1. The predicted molar refractivity (Wildman–Crippen MR) is 71.9 cm³/mol. The molecule has 0 fully saturated rings. The van der Waals surface area contributed by atoms with Crippen molar-refractivity contribution in [2.45, 2.75) is 34.1 Å². The summed E-state index contributed by atoms with van der Waals surface area (Å²) in [4.78, 5) is 23.0. The van der Waals surface area contributed by atoms with Crippen molar-refractivity contribution in [3.63, 3.8) is 0 Å². The molecule has 0 saturated carbocycles. The fraction of sp³-hybridized carbons (Fsp3) is 0.429. The highest BCUT2D eigenvalue weighted by atomic mass is 19.2. The van der Waals surface area contributed by atoms with Crippen LogP contribution in [0.4, 0.5) is 19.3 Å². The molecule has 5 nitrogen and oxygen atoms in total. The molecule has 0 atom stereocenters. The third kappa shape index (κ3) is 4.70. The molecule has 0 aliphatic carbocycles. The minimum atomic E-state index is -1.49. The molecule has 0 heterocycles. The summed E-state index contributed by atoms with van der Waals surface area (Å²) >= 11 is 0. The van der Waals surface area contributed by atoms with Gasteiger partial charge in [-0.3, -0.25) is 10.1 Å². The first-order chi connectivity index (χ1) is 9.51. The Hall–Kier alpha value is -2.18. The average molecular weight is 301 g/mol. The topological polar surface area (TPSA) is 75.6 Å². The number of aromatic hydroxyl groups is 1. The van der Waals surface area contributed by atoms with Crippen molar-refractivity contribution in [1.82, 2.24) is 0 Å². The lowest BCUT2D eigenvalue weighted by Gasteiger charge is -2.16. The van der Waals surface area contributed by atoms with Gasteiger partial charge in [-0.1, -0.05) is 20.8 Å². The van der Waals surface area contributed by atoms with E-state index >= 15 is 0 Å². The summed E-state index contributed by atoms with van der Waals surface area (Å²) in [5.41, 5.74) is -0.770. The molecule has 0 spiro atoms. The van der Waals surface area contributed by atoms with E-state index in [4.69, 9.17) is 5.11 Å². The molecule has 0 radical (unpaired) electrons. The number of phenols is 1. The summed E-state index contributed by atoms with van der Waals surface area (Å²) in [6.07, 6.45) is -1.22. The van der Waals surface area contributed by atoms with Crippen LogP contribution in [-0.2, 0) is 9.53 Å². The van der Waals surface area contributed by atoms with Crippen LogP contribution in [0.2, 0.25) is 0 Å².